The number of rotatable bonds is 12. The number of hydrogen-bond donors (Lipinski definition) is 0. The number of nitrogens with zero attached hydrogens (tertiary/aromatic N) is 2. The summed E-state index contributed by atoms with van der Waals surface area (Å²) in [5, 5.41) is 0. The number of para-hydroxylation sites is 2. The van der Waals surface area contributed by atoms with Crippen LogP contribution in [-0.2, 0) is 32.2 Å². The summed E-state index contributed by atoms with van der Waals surface area (Å²) in [6.45, 7) is 0.541. The summed E-state index contributed by atoms with van der Waals surface area (Å²) in [6.07, 6.45) is 8.75. The van der Waals surface area contributed by atoms with Crippen LogP contribution in [0, 0.1) is 11.8 Å². The summed E-state index contributed by atoms with van der Waals surface area (Å²) in [6, 6.07) is 33.9. The summed E-state index contributed by atoms with van der Waals surface area (Å²) in [5.41, 5.74) is 1.76. The Bertz CT molecular complexity index is 1770. The molecular weight excluding hydrogens is 709 g/mol. The van der Waals surface area contributed by atoms with E-state index in [1.165, 1.54) is 0 Å². The lowest BCUT2D eigenvalue weighted by atomic mass is 9.73. The molecular formula is C46H50N2O8. The van der Waals surface area contributed by atoms with Gasteiger partial charge in [-0.15, -0.1) is 0 Å². The largest absolute Gasteiger partial charge is 0.457 e. The van der Waals surface area contributed by atoms with E-state index in [9.17, 15) is 19.2 Å². The van der Waals surface area contributed by atoms with Crippen LogP contribution in [0.3, 0.4) is 0 Å². The molecule has 10 heteroatoms. The van der Waals surface area contributed by atoms with E-state index in [-0.39, 0.29) is 25.2 Å². The van der Waals surface area contributed by atoms with Crippen LogP contribution in [-0.4, -0.2) is 46.0 Å². The lowest BCUT2D eigenvalue weighted by Crippen LogP contribution is -2.47. The molecule has 2 unspecified atom stereocenters. The number of ether oxygens (including phenoxy) is 4. The molecule has 292 valence electrons. The fourth-order valence-electron chi connectivity index (χ4n) is 7.94. The molecule has 3 aliphatic rings. The SMILES string of the molecule is O=C(OC(=O)N(Cc1ccc(Oc2ccccc2)cc1)C1CCCCC1)C1CCC1C(=O)OC(=O)N(Cc1ccc(Oc2ccccc2)cc1)C1CCCCC1. The van der Waals surface area contributed by atoms with Gasteiger partial charge in [0.15, 0.2) is 0 Å². The van der Waals surface area contributed by atoms with E-state index in [1.807, 2.05) is 109 Å². The molecule has 0 aliphatic heterocycles. The molecule has 4 aromatic rings. The van der Waals surface area contributed by atoms with Crippen molar-refractivity contribution in [3.63, 3.8) is 0 Å². The van der Waals surface area contributed by atoms with Crippen molar-refractivity contribution in [2.24, 2.45) is 11.8 Å². The molecule has 10 nitrogen and oxygen atoms in total. The highest BCUT2D eigenvalue weighted by molar-refractivity contribution is 5.93. The molecule has 0 heterocycles. The fraction of sp³-hybridized carbons (Fsp3) is 0.391. The number of carbonyl (C=O) groups excluding carboxylic acids is 4. The Hall–Kier alpha value is -5.64. The van der Waals surface area contributed by atoms with E-state index in [0.29, 0.717) is 24.3 Å². The molecule has 2 amide bonds. The van der Waals surface area contributed by atoms with Gasteiger partial charge in [-0.05, 0) is 98.2 Å². The topological polar surface area (TPSA) is 112 Å². The van der Waals surface area contributed by atoms with E-state index in [0.717, 1.165) is 86.8 Å². The molecule has 0 spiro atoms. The summed E-state index contributed by atoms with van der Waals surface area (Å²) in [4.78, 5) is 57.6. The maximum atomic E-state index is 13.7. The smallest absolute Gasteiger partial charge is 0.418 e. The third kappa shape index (κ3) is 10.2. The number of amides is 2. The zero-order valence-corrected chi connectivity index (χ0v) is 31.8. The molecule has 7 rings (SSSR count). The van der Waals surface area contributed by atoms with Crippen molar-refractivity contribution in [1.82, 2.24) is 9.80 Å². The standard InChI is InChI=1S/C46H50N2O8/c49-43(55-45(51)47(35-13-5-1-6-14-35)31-33-21-25-39(26-22-33)53-37-17-9-3-10-18-37)41-29-30-42(41)44(50)56-46(52)48(36-15-7-2-8-16-36)32-34-23-27-40(28-24-34)54-38-19-11-4-12-20-38/h3-4,9-12,17-28,35-36,41-42H,1-2,5-8,13-16,29-32H2. The van der Waals surface area contributed by atoms with Gasteiger partial charge in [0.25, 0.3) is 0 Å². The van der Waals surface area contributed by atoms with Crippen molar-refractivity contribution in [1.29, 1.82) is 0 Å². The maximum absolute atomic E-state index is 13.7. The second-order valence-corrected chi connectivity index (χ2v) is 15.1. The molecule has 4 aromatic carbocycles. The van der Waals surface area contributed by atoms with Crippen molar-refractivity contribution in [3.05, 3.63) is 120 Å². The quantitative estimate of drug-likeness (QED) is 0.104. The van der Waals surface area contributed by atoms with E-state index in [2.05, 4.69) is 0 Å². The van der Waals surface area contributed by atoms with Gasteiger partial charge < -0.3 is 28.7 Å². The molecule has 0 saturated heterocycles. The van der Waals surface area contributed by atoms with E-state index < -0.39 is 36.0 Å². The van der Waals surface area contributed by atoms with Gasteiger partial charge in [-0.1, -0.05) is 99.2 Å². The van der Waals surface area contributed by atoms with Gasteiger partial charge in [-0.25, -0.2) is 9.59 Å². The van der Waals surface area contributed by atoms with Gasteiger partial charge in [0, 0.05) is 25.2 Å². The first-order valence-electron chi connectivity index (χ1n) is 20.1. The second-order valence-electron chi connectivity index (χ2n) is 15.1. The molecule has 3 saturated carbocycles. The zero-order chi connectivity index (χ0) is 38.7. The Balaban J connectivity index is 0.959. The van der Waals surface area contributed by atoms with Crippen LogP contribution < -0.4 is 9.47 Å². The lowest BCUT2D eigenvalue weighted by molar-refractivity contribution is -0.161. The molecule has 0 bridgehead atoms. The number of hydrogen-bond acceptors (Lipinski definition) is 8. The Morgan fingerprint density at radius 3 is 1.11 bits per heavy atom. The predicted molar refractivity (Wildman–Crippen MR) is 210 cm³/mol. The third-order valence-electron chi connectivity index (χ3n) is 11.3. The van der Waals surface area contributed by atoms with Crippen LogP contribution in [0.5, 0.6) is 23.0 Å². The van der Waals surface area contributed by atoms with Crippen LogP contribution in [0.4, 0.5) is 9.59 Å². The van der Waals surface area contributed by atoms with E-state index in [1.54, 1.807) is 9.80 Å². The Kier molecular flexibility index (Phi) is 13.0. The van der Waals surface area contributed by atoms with Crippen molar-refractivity contribution >= 4 is 24.1 Å². The maximum Gasteiger partial charge on any atom is 0.418 e. The van der Waals surface area contributed by atoms with Crippen LogP contribution in [0.15, 0.2) is 109 Å². The predicted octanol–water partition coefficient (Wildman–Crippen LogP) is 10.6. The molecule has 3 aliphatic carbocycles. The Labute approximate surface area is 328 Å². The summed E-state index contributed by atoms with van der Waals surface area (Å²) in [7, 11) is 0. The number of esters is 2. The molecule has 0 N–H and O–H groups in total. The van der Waals surface area contributed by atoms with Gasteiger partial charge in [0.1, 0.15) is 23.0 Å². The van der Waals surface area contributed by atoms with Gasteiger partial charge in [-0.2, -0.15) is 0 Å². The minimum Gasteiger partial charge on any atom is -0.457 e. The van der Waals surface area contributed by atoms with Gasteiger partial charge in [0.2, 0.25) is 0 Å². The first-order chi connectivity index (χ1) is 27.4. The van der Waals surface area contributed by atoms with Crippen molar-refractivity contribution < 1.29 is 38.1 Å². The van der Waals surface area contributed by atoms with Gasteiger partial charge >= 0.3 is 24.1 Å². The van der Waals surface area contributed by atoms with Crippen molar-refractivity contribution in [2.45, 2.75) is 102 Å². The van der Waals surface area contributed by atoms with Gasteiger partial charge in [-0.3, -0.25) is 9.59 Å². The highest BCUT2D eigenvalue weighted by Gasteiger charge is 2.46. The monoisotopic (exact) mass is 758 g/mol. The Morgan fingerprint density at radius 2 is 0.768 bits per heavy atom. The van der Waals surface area contributed by atoms with Crippen LogP contribution >= 0.6 is 0 Å². The normalized spacial score (nSPS) is 18.5. The molecule has 0 radical (unpaired) electrons. The first kappa shape index (κ1) is 38.6. The number of benzene rings is 4. The summed E-state index contributed by atoms with van der Waals surface area (Å²) in [5.74, 6) is -0.431. The summed E-state index contributed by atoms with van der Waals surface area (Å²) >= 11 is 0. The summed E-state index contributed by atoms with van der Waals surface area (Å²) < 4.78 is 22.9. The average Bonchev–Trinajstić information content (AvgIpc) is 3.21. The third-order valence-corrected chi connectivity index (χ3v) is 11.3. The molecule has 3 fully saturated rings. The highest BCUT2D eigenvalue weighted by atomic mass is 16.6. The zero-order valence-electron chi connectivity index (χ0n) is 31.8. The Morgan fingerprint density at radius 1 is 0.429 bits per heavy atom. The van der Waals surface area contributed by atoms with Crippen LogP contribution in [0.25, 0.3) is 0 Å². The minimum atomic E-state index is -0.859. The van der Waals surface area contributed by atoms with Crippen LogP contribution in [0.2, 0.25) is 0 Å². The van der Waals surface area contributed by atoms with E-state index >= 15 is 0 Å². The fourth-order valence-corrected chi connectivity index (χ4v) is 7.94. The molecule has 0 aromatic heterocycles. The minimum absolute atomic E-state index is 0.0672. The second kappa shape index (κ2) is 18.8. The lowest BCUT2D eigenvalue weighted by Gasteiger charge is -2.36. The van der Waals surface area contributed by atoms with Crippen molar-refractivity contribution in [2.75, 3.05) is 0 Å². The van der Waals surface area contributed by atoms with Gasteiger partial charge in [0.05, 0.1) is 11.8 Å². The number of carbonyl (C=O) groups is 4. The van der Waals surface area contributed by atoms with E-state index in [4.69, 9.17) is 18.9 Å². The average molecular weight is 759 g/mol. The first-order valence-corrected chi connectivity index (χ1v) is 20.1. The molecule has 2 atom stereocenters. The van der Waals surface area contributed by atoms with Crippen LogP contribution in [0.1, 0.15) is 88.2 Å². The van der Waals surface area contributed by atoms with Crippen molar-refractivity contribution in [3.8, 4) is 23.0 Å². The molecule has 56 heavy (non-hydrogen) atoms. The highest BCUT2D eigenvalue weighted by Crippen LogP contribution is 2.37.